The fourth-order valence-corrected chi connectivity index (χ4v) is 3.39. The second-order valence-corrected chi connectivity index (χ2v) is 6.53. The molecule has 3 rings (SSSR count). The number of hydrogen-bond acceptors (Lipinski definition) is 4. The van der Waals surface area contributed by atoms with Crippen molar-refractivity contribution in [3.8, 4) is 12.1 Å². The largest absolute Gasteiger partial charge is 0.477 e. The Bertz CT molecular complexity index is 1220. The van der Waals surface area contributed by atoms with E-state index >= 15 is 0 Å². The number of aromatic nitrogens is 2. The third-order valence-corrected chi connectivity index (χ3v) is 4.66. The van der Waals surface area contributed by atoms with Gasteiger partial charge >= 0.3 is 11.7 Å². The number of nitrogens with zero attached hydrogens (tertiary/aromatic N) is 4. The molecule has 1 heterocycles. The lowest BCUT2D eigenvalue weighted by Crippen LogP contribution is -2.27. The van der Waals surface area contributed by atoms with Crippen molar-refractivity contribution in [2.24, 2.45) is 0 Å². The van der Waals surface area contributed by atoms with Crippen molar-refractivity contribution >= 4 is 5.97 Å². The van der Waals surface area contributed by atoms with Crippen LogP contribution < -0.4 is 5.69 Å². The maximum Gasteiger partial charge on any atom is 0.354 e. The average molecular weight is 386 g/mol. The maximum atomic E-state index is 13.1. The number of hydrogen-bond donors (Lipinski definition) is 1. The fourth-order valence-electron chi connectivity index (χ4n) is 3.39. The molecular weight excluding hydrogens is 368 g/mol. The van der Waals surface area contributed by atoms with Gasteiger partial charge in [0.25, 0.3) is 0 Å². The molecule has 0 saturated carbocycles. The summed E-state index contributed by atoms with van der Waals surface area (Å²) in [6, 6.07) is 17.7. The van der Waals surface area contributed by atoms with Gasteiger partial charge in [0.1, 0.15) is 0 Å². The summed E-state index contributed by atoms with van der Waals surface area (Å²) in [4.78, 5) is 25.1. The SMILES string of the molecule is CCc1c(C(=O)O)n(Cc2cccc(C#N)c2)c(=O)n1Cc1cccc(C#N)c1. The standard InChI is InChI=1S/C22H18N4O3/c1-2-19-20(21(27)28)26(14-18-8-4-6-16(10-18)12-24)22(29)25(19)13-17-7-3-5-15(9-17)11-23/h3-10H,2,13-14H2,1H3,(H,27,28). The first kappa shape index (κ1) is 19.7. The molecule has 0 amide bonds. The Kier molecular flexibility index (Phi) is 5.61. The molecule has 0 bridgehead atoms. The van der Waals surface area contributed by atoms with E-state index in [2.05, 4.69) is 6.07 Å². The number of carbonyl (C=O) groups is 1. The van der Waals surface area contributed by atoms with E-state index in [9.17, 15) is 14.7 Å². The summed E-state index contributed by atoms with van der Waals surface area (Å²) in [5, 5.41) is 27.9. The van der Waals surface area contributed by atoms with E-state index in [0.717, 1.165) is 5.56 Å². The first-order valence-corrected chi connectivity index (χ1v) is 9.02. The van der Waals surface area contributed by atoms with E-state index in [1.54, 1.807) is 55.5 Å². The highest BCUT2D eigenvalue weighted by Crippen LogP contribution is 2.15. The summed E-state index contributed by atoms with van der Waals surface area (Å²) >= 11 is 0. The topological polar surface area (TPSA) is 112 Å². The van der Waals surface area contributed by atoms with E-state index in [1.807, 2.05) is 6.07 Å². The highest BCUT2D eigenvalue weighted by atomic mass is 16.4. The Morgan fingerprint density at radius 2 is 1.48 bits per heavy atom. The van der Waals surface area contributed by atoms with Gasteiger partial charge in [0.2, 0.25) is 0 Å². The van der Waals surface area contributed by atoms with Gasteiger partial charge in [0, 0.05) is 0 Å². The number of nitriles is 2. The Labute approximate surface area is 167 Å². The molecule has 2 aromatic carbocycles. The number of carboxylic acids is 1. The number of carboxylic acid groups (broad SMARTS) is 1. The lowest BCUT2D eigenvalue weighted by Gasteiger charge is -2.07. The molecule has 29 heavy (non-hydrogen) atoms. The van der Waals surface area contributed by atoms with Crippen LogP contribution in [-0.4, -0.2) is 20.2 Å². The second-order valence-electron chi connectivity index (χ2n) is 6.53. The summed E-state index contributed by atoms with van der Waals surface area (Å²) in [6.07, 6.45) is 0.361. The number of rotatable bonds is 6. The van der Waals surface area contributed by atoms with Crippen LogP contribution in [0.5, 0.6) is 0 Å². The molecule has 0 saturated heterocycles. The van der Waals surface area contributed by atoms with Crippen molar-refractivity contribution in [1.29, 1.82) is 10.5 Å². The lowest BCUT2D eigenvalue weighted by molar-refractivity contribution is 0.0684. The van der Waals surface area contributed by atoms with Crippen LogP contribution >= 0.6 is 0 Å². The monoisotopic (exact) mass is 386 g/mol. The molecule has 144 valence electrons. The zero-order chi connectivity index (χ0) is 21.0. The fraction of sp³-hybridized carbons (Fsp3) is 0.182. The van der Waals surface area contributed by atoms with Crippen molar-refractivity contribution in [1.82, 2.24) is 9.13 Å². The number of imidazole rings is 1. The van der Waals surface area contributed by atoms with E-state index in [-0.39, 0.29) is 18.8 Å². The third kappa shape index (κ3) is 3.95. The van der Waals surface area contributed by atoms with Crippen LogP contribution in [0.3, 0.4) is 0 Å². The molecule has 0 radical (unpaired) electrons. The van der Waals surface area contributed by atoms with Crippen LogP contribution in [0.4, 0.5) is 0 Å². The predicted molar refractivity (Wildman–Crippen MR) is 106 cm³/mol. The van der Waals surface area contributed by atoms with Gasteiger partial charge in [-0.05, 0) is 41.8 Å². The van der Waals surface area contributed by atoms with Crippen LogP contribution in [-0.2, 0) is 19.5 Å². The van der Waals surface area contributed by atoms with Gasteiger partial charge in [-0.25, -0.2) is 9.59 Å². The Morgan fingerprint density at radius 1 is 0.966 bits per heavy atom. The van der Waals surface area contributed by atoms with E-state index in [0.29, 0.717) is 28.8 Å². The summed E-state index contributed by atoms with van der Waals surface area (Å²) in [5.41, 5.74) is 2.23. The molecule has 0 aliphatic rings. The minimum atomic E-state index is -1.18. The first-order valence-electron chi connectivity index (χ1n) is 9.02. The van der Waals surface area contributed by atoms with E-state index < -0.39 is 11.7 Å². The van der Waals surface area contributed by atoms with Crippen molar-refractivity contribution in [2.45, 2.75) is 26.4 Å². The second kappa shape index (κ2) is 8.28. The molecule has 0 aliphatic heterocycles. The molecule has 0 unspecified atom stereocenters. The highest BCUT2D eigenvalue weighted by molar-refractivity contribution is 5.87. The summed E-state index contributed by atoms with van der Waals surface area (Å²) < 4.78 is 2.67. The molecule has 0 fully saturated rings. The van der Waals surface area contributed by atoms with Crippen molar-refractivity contribution in [3.63, 3.8) is 0 Å². The van der Waals surface area contributed by atoms with Gasteiger partial charge in [-0.2, -0.15) is 10.5 Å². The number of benzene rings is 2. The quantitative estimate of drug-likeness (QED) is 0.700. The maximum absolute atomic E-state index is 13.1. The summed E-state index contributed by atoms with van der Waals surface area (Å²) in [6.45, 7) is 2.02. The molecule has 7 heteroatoms. The number of aromatic carboxylic acids is 1. The molecule has 0 aliphatic carbocycles. The highest BCUT2D eigenvalue weighted by Gasteiger charge is 2.24. The normalized spacial score (nSPS) is 10.3. The molecule has 3 aromatic rings. The molecule has 1 aromatic heterocycles. The van der Waals surface area contributed by atoms with Crippen LogP contribution in [0.2, 0.25) is 0 Å². The van der Waals surface area contributed by atoms with Gasteiger partial charge < -0.3 is 5.11 Å². The summed E-state index contributed by atoms with van der Waals surface area (Å²) in [5.74, 6) is -1.18. The molecule has 0 spiro atoms. The molecule has 1 N–H and O–H groups in total. The van der Waals surface area contributed by atoms with Crippen molar-refractivity contribution < 1.29 is 9.90 Å². The first-order chi connectivity index (χ1) is 14.0. The lowest BCUT2D eigenvalue weighted by atomic mass is 10.1. The molecular formula is C22H18N4O3. The zero-order valence-electron chi connectivity index (χ0n) is 15.8. The van der Waals surface area contributed by atoms with E-state index in [4.69, 9.17) is 10.5 Å². The molecule has 0 atom stereocenters. The zero-order valence-corrected chi connectivity index (χ0v) is 15.8. The smallest absolute Gasteiger partial charge is 0.354 e. The van der Waals surface area contributed by atoms with Gasteiger partial charge in [0.15, 0.2) is 5.69 Å². The average Bonchev–Trinajstić information content (AvgIpc) is 2.99. The van der Waals surface area contributed by atoms with Gasteiger partial charge in [0.05, 0.1) is 42.0 Å². The van der Waals surface area contributed by atoms with E-state index in [1.165, 1.54) is 9.13 Å². The Morgan fingerprint density at radius 3 is 1.93 bits per heavy atom. The van der Waals surface area contributed by atoms with Crippen LogP contribution in [0.15, 0.2) is 53.3 Å². The van der Waals surface area contributed by atoms with Gasteiger partial charge in [-0.3, -0.25) is 9.13 Å². The minimum absolute atomic E-state index is 0.0498. The summed E-state index contributed by atoms with van der Waals surface area (Å²) in [7, 11) is 0. The van der Waals surface area contributed by atoms with Crippen LogP contribution in [0, 0.1) is 22.7 Å². The van der Waals surface area contributed by atoms with Gasteiger partial charge in [-0.15, -0.1) is 0 Å². The molecule has 7 nitrogen and oxygen atoms in total. The third-order valence-electron chi connectivity index (χ3n) is 4.66. The Hall–Kier alpha value is -4.10. The van der Waals surface area contributed by atoms with Crippen molar-refractivity contribution in [2.75, 3.05) is 0 Å². The minimum Gasteiger partial charge on any atom is -0.477 e. The van der Waals surface area contributed by atoms with Gasteiger partial charge in [-0.1, -0.05) is 31.2 Å². The van der Waals surface area contributed by atoms with Crippen LogP contribution in [0.1, 0.15) is 45.4 Å². The van der Waals surface area contributed by atoms with Crippen molar-refractivity contribution in [3.05, 3.63) is 92.7 Å². The Balaban J connectivity index is 2.11. The predicted octanol–water partition coefficient (Wildman–Crippen LogP) is 2.75. The van der Waals surface area contributed by atoms with Crippen LogP contribution in [0.25, 0.3) is 0 Å².